The lowest BCUT2D eigenvalue weighted by Crippen LogP contribution is -2.27. The smallest absolute Gasteiger partial charge is 0.338 e. The molecule has 0 saturated carbocycles. The molecule has 0 aromatic heterocycles. The van der Waals surface area contributed by atoms with Crippen LogP contribution in [0.25, 0.3) is 11.1 Å². The standard InChI is InChI=1S/C27H36O6/c1-5-7-16-32-25(28)23-10-8-21(9-11-23)22-12-14-24(15-13-22)31-19-17-30-18-20-33-26(29)27(3,4)6-2/h8-15H,5-7,16-20H2,1-4H3. The highest BCUT2D eigenvalue weighted by atomic mass is 16.6. The van der Waals surface area contributed by atoms with Crippen molar-refractivity contribution in [3.05, 3.63) is 54.1 Å². The fourth-order valence-electron chi connectivity index (χ4n) is 2.79. The highest BCUT2D eigenvalue weighted by molar-refractivity contribution is 5.90. The van der Waals surface area contributed by atoms with Crippen molar-refractivity contribution < 1.29 is 28.5 Å². The van der Waals surface area contributed by atoms with E-state index in [0.717, 1.165) is 36.1 Å². The predicted octanol–water partition coefficient (Wildman–Crippen LogP) is 5.69. The van der Waals surface area contributed by atoms with Gasteiger partial charge in [-0.1, -0.05) is 44.5 Å². The molecule has 33 heavy (non-hydrogen) atoms. The average Bonchev–Trinajstić information content (AvgIpc) is 2.83. The van der Waals surface area contributed by atoms with Gasteiger partial charge in [0.1, 0.15) is 19.0 Å². The van der Waals surface area contributed by atoms with Crippen molar-refractivity contribution in [2.75, 3.05) is 33.0 Å². The van der Waals surface area contributed by atoms with Crippen LogP contribution in [0.1, 0.15) is 57.3 Å². The average molecular weight is 457 g/mol. The van der Waals surface area contributed by atoms with Gasteiger partial charge in [0.2, 0.25) is 0 Å². The number of esters is 2. The molecule has 0 aliphatic rings. The van der Waals surface area contributed by atoms with Crippen LogP contribution in [-0.4, -0.2) is 45.0 Å². The van der Waals surface area contributed by atoms with Crippen LogP contribution < -0.4 is 4.74 Å². The van der Waals surface area contributed by atoms with Crippen LogP contribution in [0.5, 0.6) is 5.75 Å². The third-order valence-electron chi connectivity index (χ3n) is 5.43. The Morgan fingerprint density at radius 2 is 1.36 bits per heavy atom. The second kappa shape index (κ2) is 13.6. The molecule has 0 heterocycles. The van der Waals surface area contributed by atoms with Gasteiger partial charge in [0.15, 0.2) is 0 Å². The minimum atomic E-state index is -0.461. The monoisotopic (exact) mass is 456 g/mol. The number of rotatable bonds is 14. The molecule has 0 bridgehead atoms. The molecule has 0 spiro atoms. The van der Waals surface area contributed by atoms with Crippen LogP contribution in [0, 0.1) is 5.41 Å². The summed E-state index contributed by atoms with van der Waals surface area (Å²) >= 11 is 0. The summed E-state index contributed by atoms with van der Waals surface area (Å²) in [5, 5.41) is 0. The minimum absolute atomic E-state index is 0.202. The van der Waals surface area contributed by atoms with E-state index >= 15 is 0 Å². The van der Waals surface area contributed by atoms with Gasteiger partial charge < -0.3 is 18.9 Å². The molecule has 0 saturated heterocycles. The number of carbonyl (C=O) groups excluding carboxylic acids is 2. The molecule has 2 rings (SSSR count). The summed E-state index contributed by atoms with van der Waals surface area (Å²) in [5.41, 5.74) is 2.13. The molecule has 0 N–H and O–H groups in total. The summed E-state index contributed by atoms with van der Waals surface area (Å²) in [6.45, 7) is 9.62. The van der Waals surface area contributed by atoms with E-state index in [1.54, 1.807) is 12.1 Å². The Hall–Kier alpha value is -2.86. The lowest BCUT2D eigenvalue weighted by atomic mass is 9.91. The van der Waals surface area contributed by atoms with Crippen molar-refractivity contribution in [2.45, 2.75) is 47.0 Å². The molecule has 180 valence electrons. The van der Waals surface area contributed by atoms with Crippen molar-refractivity contribution in [1.82, 2.24) is 0 Å². The maximum atomic E-state index is 12.0. The highest BCUT2D eigenvalue weighted by Crippen LogP contribution is 2.23. The van der Waals surface area contributed by atoms with E-state index < -0.39 is 5.41 Å². The Balaban J connectivity index is 1.69. The zero-order valence-electron chi connectivity index (χ0n) is 20.2. The van der Waals surface area contributed by atoms with E-state index in [1.165, 1.54) is 0 Å². The molecule has 0 aliphatic carbocycles. The van der Waals surface area contributed by atoms with E-state index in [4.69, 9.17) is 18.9 Å². The maximum Gasteiger partial charge on any atom is 0.338 e. The molecule has 0 fully saturated rings. The zero-order valence-corrected chi connectivity index (χ0v) is 20.2. The molecule has 0 radical (unpaired) electrons. The number of carbonyl (C=O) groups is 2. The number of unbranched alkanes of at least 4 members (excludes halogenated alkanes) is 1. The van der Waals surface area contributed by atoms with Crippen LogP contribution in [0.2, 0.25) is 0 Å². The maximum absolute atomic E-state index is 12.0. The van der Waals surface area contributed by atoms with Crippen molar-refractivity contribution in [3.8, 4) is 16.9 Å². The third-order valence-corrected chi connectivity index (χ3v) is 5.43. The van der Waals surface area contributed by atoms with E-state index in [0.29, 0.717) is 32.0 Å². The minimum Gasteiger partial charge on any atom is -0.491 e. The Labute approximate surface area is 197 Å². The van der Waals surface area contributed by atoms with Crippen molar-refractivity contribution in [2.24, 2.45) is 5.41 Å². The summed E-state index contributed by atoms with van der Waals surface area (Å²) in [6, 6.07) is 15.1. The van der Waals surface area contributed by atoms with Gasteiger partial charge in [0.05, 0.1) is 30.8 Å². The second-order valence-corrected chi connectivity index (χ2v) is 8.43. The molecule has 0 unspecified atom stereocenters. The van der Waals surface area contributed by atoms with Crippen molar-refractivity contribution in [3.63, 3.8) is 0 Å². The number of hydrogen-bond donors (Lipinski definition) is 0. The molecular weight excluding hydrogens is 420 g/mol. The summed E-state index contributed by atoms with van der Waals surface area (Å²) in [5.74, 6) is 0.255. The Kier molecular flexibility index (Phi) is 10.9. The summed E-state index contributed by atoms with van der Waals surface area (Å²) in [7, 11) is 0. The van der Waals surface area contributed by atoms with Crippen LogP contribution in [-0.2, 0) is 19.0 Å². The Morgan fingerprint density at radius 1 is 0.758 bits per heavy atom. The molecule has 0 amide bonds. The number of hydrogen-bond acceptors (Lipinski definition) is 6. The zero-order chi connectivity index (χ0) is 24.1. The van der Waals surface area contributed by atoms with Crippen LogP contribution in [0.3, 0.4) is 0 Å². The van der Waals surface area contributed by atoms with Gasteiger partial charge >= 0.3 is 11.9 Å². The highest BCUT2D eigenvalue weighted by Gasteiger charge is 2.26. The van der Waals surface area contributed by atoms with Gasteiger partial charge in [-0.25, -0.2) is 4.79 Å². The topological polar surface area (TPSA) is 71.1 Å². The van der Waals surface area contributed by atoms with Gasteiger partial charge in [-0.15, -0.1) is 0 Å². The Bertz CT molecular complexity index is 855. The summed E-state index contributed by atoms with van der Waals surface area (Å²) < 4.78 is 21.6. The van der Waals surface area contributed by atoms with Crippen LogP contribution in [0.4, 0.5) is 0 Å². The quantitative estimate of drug-likeness (QED) is 0.269. The molecule has 6 nitrogen and oxygen atoms in total. The second-order valence-electron chi connectivity index (χ2n) is 8.43. The van der Waals surface area contributed by atoms with Crippen molar-refractivity contribution >= 4 is 11.9 Å². The normalized spacial score (nSPS) is 11.2. The molecule has 2 aromatic carbocycles. The number of ether oxygens (including phenoxy) is 4. The van der Waals surface area contributed by atoms with E-state index in [-0.39, 0.29) is 18.5 Å². The third kappa shape index (κ3) is 8.89. The fourth-order valence-corrected chi connectivity index (χ4v) is 2.79. The van der Waals surface area contributed by atoms with E-state index in [9.17, 15) is 9.59 Å². The first kappa shape index (κ1) is 26.4. The molecule has 0 atom stereocenters. The predicted molar refractivity (Wildman–Crippen MR) is 128 cm³/mol. The summed E-state index contributed by atoms with van der Waals surface area (Å²) in [4.78, 5) is 23.9. The van der Waals surface area contributed by atoms with E-state index in [1.807, 2.05) is 57.2 Å². The summed E-state index contributed by atoms with van der Waals surface area (Å²) in [6.07, 6.45) is 2.60. The van der Waals surface area contributed by atoms with Gasteiger partial charge in [-0.3, -0.25) is 4.79 Å². The van der Waals surface area contributed by atoms with Crippen molar-refractivity contribution in [1.29, 1.82) is 0 Å². The number of benzene rings is 2. The molecule has 0 aliphatic heterocycles. The van der Waals surface area contributed by atoms with Crippen LogP contribution >= 0.6 is 0 Å². The van der Waals surface area contributed by atoms with E-state index in [2.05, 4.69) is 6.92 Å². The fraction of sp³-hybridized carbons (Fsp3) is 0.481. The first-order valence-corrected chi connectivity index (χ1v) is 11.6. The first-order chi connectivity index (χ1) is 15.9. The lowest BCUT2D eigenvalue weighted by Gasteiger charge is -2.20. The molecular formula is C27H36O6. The molecule has 2 aromatic rings. The SMILES string of the molecule is CCCCOC(=O)c1ccc(-c2ccc(OCCOCCOC(=O)C(C)(C)CC)cc2)cc1. The molecule has 6 heteroatoms. The lowest BCUT2D eigenvalue weighted by molar-refractivity contribution is -0.155. The largest absolute Gasteiger partial charge is 0.491 e. The van der Waals surface area contributed by atoms with Crippen LogP contribution in [0.15, 0.2) is 48.5 Å². The van der Waals surface area contributed by atoms with Gasteiger partial charge in [-0.2, -0.15) is 0 Å². The van der Waals surface area contributed by atoms with Gasteiger partial charge in [0.25, 0.3) is 0 Å². The van der Waals surface area contributed by atoms with Gasteiger partial charge in [-0.05, 0) is 62.1 Å². The Morgan fingerprint density at radius 3 is 1.97 bits per heavy atom. The van der Waals surface area contributed by atoms with Gasteiger partial charge in [0, 0.05) is 0 Å². The first-order valence-electron chi connectivity index (χ1n) is 11.6.